The zero-order valence-corrected chi connectivity index (χ0v) is 17.6. The summed E-state index contributed by atoms with van der Waals surface area (Å²) in [5.74, 6) is 0. The normalized spacial score (nSPS) is 12.1. The summed E-state index contributed by atoms with van der Waals surface area (Å²) in [6.07, 6.45) is 3.28. The SMILES string of the molecule is CC[C@@H](C)N(Cc1cn(CC)c2ccccc12)C(=S)Nc1ccc(Cl)cc1. The predicted molar refractivity (Wildman–Crippen MR) is 121 cm³/mol. The minimum absolute atomic E-state index is 0.334. The smallest absolute Gasteiger partial charge is 0.173 e. The maximum absolute atomic E-state index is 5.99. The van der Waals surface area contributed by atoms with E-state index in [1.807, 2.05) is 24.3 Å². The molecule has 0 aliphatic carbocycles. The summed E-state index contributed by atoms with van der Waals surface area (Å²) in [5.41, 5.74) is 3.53. The van der Waals surface area contributed by atoms with Gasteiger partial charge in [0.2, 0.25) is 0 Å². The third-order valence-electron chi connectivity index (χ3n) is 5.03. The van der Waals surface area contributed by atoms with Crippen molar-refractivity contribution >= 4 is 45.5 Å². The van der Waals surface area contributed by atoms with E-state index in [9.17, 15) is 0 Å². The van der Waals surface area contributed by atoms with E-state index < -0.39 is 0 Å². The summed E-state index contributed by atoms with van der Waals surface area (Å²) < 4.78 is 2.30. The predicted octanol–water partition coefficient (Wildman–Crippen LogP) is 6.31. The molecule has 0 fully saturated rings. The Bertz CT molecular complexity index is 917. The standard InChI is InChI=1S/C22H26ClN3S/c1-4-16(3)26(22(27)24-19-12-10-18(23)11-13-19)15-17-14-25(5-2)21-9-7-6-8-20(17)21/h6-14,16H,4-5,15H2,1-3H3,(H,24,27)/t16-/m1/s1. The van der Waals surface area contributed by atoms with E-state index in [0.29, 0.717) is 6.04 Å². The van der Waals surface area contributed by atoms with Crippen molar-refractivity contribution in [3.05, 3.63) is 65.3 Å². The molecule has 0 saturated heterocycles. The molecule has 0 spiro atoms. The summed E-state index contributed by atoms with van der Waals surface area (Å²) in [6.45, 7) is 8.32. The summed E-state index contributed by atoms with van der Waals surface area (Å²) in [4.78, 5) is 2.27. The molecule has 0 amide bonds. The second-order valence-corrected chi connectivity index (χ2v) is 7.60. The Labute approximate surface area is 171 Å². The van der Waals surface area contributed by atoms with E-state index in [0.717, 1.165) is 35.3 Å². The summed E-state index contributed by atoms with van der Waals surface area (Å²) in [6, 6.07) is 16.5. The van der Waals surface area contributed by atoms with Gasteiger partial charge < -0.3 is 14.8 Å². The average Bonchev–Trinajstić information content (AvgIpc) is 3.05. The van der Waals surface area contributed by atoms with Gasteiger partial charge in [-0.1, -0.05) is 36.7 Å². The van der Waals surface area contributed by atoms with Gasteiger partial charge in [-0.2, -0.15) is 0 Å². The van der Waals surface area contributed by atoms with Crippen molar-refractivity contribution in [1.82, 2.24) is 9.47 Å². The lowest BCUT2D eigenvalue weighted by atomic mass is 10.1. The number of hydrogen-bond acceptors (Lipinski definition) is 1. The van der Waals surface area contributed by atoms with Crippen LogP contribution in [0, 0.1) is 0 Å². The van der Waals surface area contributed by atoms with Crippen molar-refractivity contribution in [2.45, 2.75) is 46.3 Å². The van der Waals surface area contributed by atoms with Crippen molar-refractivity contribution < 1.29 is 0 Å². The fourth-order valence-corrected chi connectivity index (χ4v) is 3.76. The highest BCUT2D eigenvalue weighted by molar-refractivity contribution is 7.80. The third kappa shape index (κ3) is 4.45. The number of aryl methyl sites for hydroxylation is 1. The summed E-state index contributed by atoms with van der Waals surface area (Å²) in [5, 5.41) is 6.12. The van der Waals surface area contributed by atoms with Crippen LogP contribution in [0.4, 0.5) is 5.69 Å². The Balaban J connectivity index is 1.87. The largest absolute Gasteiger partial charge is 0.347 e. The lowest BCUT2D eigenvalue weighted by molar-refractivity contribution is 0.320. The van der Waals surface area contributed by atoms with Gasteiger partial charge in [-0.25, -0.2) is 0 Å². The number of anilines is 1. The van der Waals surface area contributed by atoms with Crippen molar-refractivity contribution in [1.29, 1.82) is 0 Å². The molecule has 1 N–H and O–H groups in total. The van der Waals surface area contributed by atoms with Gasteiger partial charge in [0.1, 0.15) is 0 Å². The van der Waals surface area contributed by atoms with Gasteiger partial charge in [-0.3, -0.25) is 0 Å². The molecule has 5 heteroatoms. The Morgan fingerprint density at radius 1 is 1.15 bits per heavy atom. The first-order chi connectivity index (χ1) is 13.0. The fourth-order valence-electron chi connectivity index (χ4n) is 3.27. The molecule has 0 bridgehead atoms. The Morgan fingerprint density at radius 2 is 1.85 bits per heavy atom. The van der Waals surface area contributed by atoms with Crippen molar-refractivity contribution in [3.8, 4) is 0 Å². The molecule has 0 unspecified atom stereocenters. The molecule has 27 heavy (non-hydrogen) atoms. The topological polar surface area (TPSA) is 20.2 Å². The van der Waals surface area contributed by atoms with Crippen LogP contribution in [0.3, 0.4) is 0 Å². The Kier molecular flexibility index (Phi) is 6.40. The first-order valence-electron chi connectivity index (χ1n) is 9.43. The molecule has 1 aromatic heterocycles. The lowest BCUT2D eigenvalue weighted by Gasteiger charge is -2.31. The molecular weight excluding hydrogens is 374 g/mol. The van der Waals surface area contributed by atoms with Crippen molar-refractivity contribution in [2.24, 2.45) is 0 Å². The van der Waals surface area contributed by atoms with Gasteiger partial charge in [0.05, 0.1) is 0 Å². The summed E-state index contributed by atoms with van der Waals surface area (Å²) in [7, 11) is 0. The Morgan fingerprint density at radius 3 is 2.52 bits per heavy atom. The van der Waals surface area contributed by atoms with Crippen LogP contribution in [0.5, 0.6) is 0 Å². The minimum Gasteiger partial charge on any atom is -0.347 e. The molecule has 0 aliphatic rings. The quantitative estimate of drug-likeness (QED) is 0.490. The highest BCUT2D eigenvalue weighted by Crippen LogP contribution is 2.24. The summed E-state index contributed by atoms with van der Waals surface area (Å²) >= 11 is 11.8. The molecule has 142 valence electrons. The first kappa shape index (κ1) is 19.7. The van der Waals surface area contributed by atoms with E-state index in [1.165, 1.54) is 16.5 Å². The number of aromatic nitrogens is 1. The van der Waals surface area contributed by atoms with Crippen LogP contribution < -0.4 is 5.32 Å². The fraction of sp³-hybridized carbons (Fsp3) is 0.318. The number of thiocarbonyl (C=S) groups is 1. The molecule has 2 aromatic carbocycles. The van der Waals surface area contributed by atoms with Gasteiger partial charge in [0.25, 0.3) is 0 Å². The monoisotopic (exact) mass is 399 g/mol. The van der Waals surface area contributed by atoms with E-state index in [1.54, 1.807) is 0 Å². The molecule has 0 saturated carbocycles. The van der Waals surface area contributed by atoms with E-state index in [2.05, 4.69) is 66.0 Å². The molecule has 0 aliphatic heterocycles. The number of halogens is 1. The van der Waals surface area contributed by atoms with Crippen LogP contribution in [-0.2, 0) is 13.1 Å². The molecule has 3 rings (SSSR count). The molecule has 0 radical (unpaired) electrons. The minimum atomic E-state index is 0.334. The van der Waals surface area contributed by atoms with Crippen LogP contribution in [0.1, 0.15) is 32.8 Å². The van der Waals surface area contributed by atoms with E-state index in [4.69, 9.17) is 23.8 Å². The van der Waals surface area contributed by atoms with Crippen LogP contribution >= 0.6 is 23.8 Å². The lowest BCUT2D eigenvalue weighted by Crippen LogP contribution is -2.40. The number of nitrogens with zero attached hydrogens (tertiary/aromatic N) is 2. The number of rotatable bonds is 6. The van der Waals surface area contributed by atoms with Crippen molar-refractivity contribution in [2.75, 3.05) is 5.32 Å². The van der Waals surface area contributed by atoms with E-state index >= 15 is 0 Å². The first-order valence-corrected chi connectivity index (χ1v) is 10.2. The van der Waals surface area contributed by atoms with Crippen LogP contribution in [0.25, 0.3) is 10.9 Å². The third-order valence-corrected chi connectivity index (χ3v) is 5.62. The molecule has 1 heterocycles. The zero-order chi connectivity index (χ0) is 19.4. The maximum Gasteiger partial charge on any atom is 0.173 e. The van der Waals surface area contributed by atoms with Crippen LogP contribution in [-0.4, -0.2) is 20.6 Å². The molecule has 3 nitrogen and oxygen atoms in total. The average molecular weight is 400 g/mol. The number of nitrogens with one attached hydrogen (secondary N) is 1. The number of hydrogen-bond donors (Lipinski definition) is 1. The second kappa shape index (κ2) is 8.77. The molecular formula is C22H26ClN3S. The van der Waals surface area contributed by atoms with E-state index in [-0.39, 0.29) is 0 Å². The highest BCUT2D eigenvalue weighted by Gasteiger charge is 2.19. The van der Waals surface area contributed by atoms with Gasteiger partial charge in [0.15, 0.2) is 5.11 Å². The number of para-hydroxylation sites is 1. The highest BCUT2D eigenvalue weighted by atomic mass is 35.5. The van der Waals surface area contributed by atoms with Gasteiger partial charge in [-0.05, 0) is 68.4 Å². The van der Waals surface area contributed by atoms with Gasteiger partial charge >= 0.3 is 0 Å². The van der Waals surface area contributed by atoms with Gasteiger partial charge in [0, 0.05) is 46.9 Å². The number of fused-ring (bicyclic) bond motifs is 1. The Hall–Kier alpha value is -2.04. The van der Waals surface area contributed by atoms with Crippen LogP contribution in [0.15, 0.2) is 54.7 Å². The molecule has 3 aromatic rings. The number of benzene rings is 2. The zero-order valence-electron chi connectivity index (χ0n) is 16.1. The second-order valence-electron chi connectivity index (χ2n) is 6.78. The van der Waals surface area contributed by atoms with Gasteiger partial charge in [-0.15, -0.1) is 0 Å². The van der Waals surface area contributed by atoms with Crippen molar-refractivity contribution in [3.63, 3.8) is 0 Å². The van der Waals surface area contributed by atoms with Crippen LogP contribution in [0.2, 0.25) is 5.02 Å². The maximum atomic E-state index is 5.99. The molecule has 1 atom stereocenters.